The number of rotatable bonds is 7. The lowest BCUT2D eigenvalue weighted by Gasteiger charge is -2.18. The lowest BCUT2D eigenvalue weighted by atomic mass is 10.0. The van der Waals surface area contributed by atoms with E-state index in [0.717, 1.165) is 28.1 Å². The fourth-order valence-corrected chi connectivity index (χ4v) is 2.60. The van der Waals surface area contributed by atoms with Gasteiger partial charge in [-0.15, -0.1) is 0 Å². The van der Waals surface area contributed by atoms with Crippen LogP contribution in [0.15, 0.2) is 64.1 Å². The third kappa shape index (κ3) is 5.98. The average molecular weight is 390 g/mol. The summed E-state index contributed by atoms with van der Waals surface area (Å²) < 4.78 is 1.06. The van der Waals surface area contributed by atoms with Crippen molar-refractivity contribution in [3.05, 3.63) is 70.2 Å². The molecule has 3 N–H and O–H groups in total. The van der Waals surface area contributed by atoms with E-state index < -0.39 is 0 Å². The van der Waals surface area contributed by atoms with Gasteiger partial charge in [-0.2, -0.15) is 0 Å². The standard InChI is InChI=1S/C19H24BrN3O/c1-2-21-19(22-12-15-8-10-18(20)11-9-15)23-13-17(14-24)16-6-4-3-5-7-16/h3-11,17,24H,2,12-14H2,1H3,(H2,21,22,23). The maximum atomic E-state index is 9.65. The number of nitrogens with one attached hydrogen (secondary N) is 2. The maximum Gasteiger partial charge on any atom is 0.191 e. The Bertz CT molecular complexity index is 629. The normalized spacial score (nSPS) is 12.7. The minimum absolute atomic E-state index is 0.0442. The van der Waals surface area contributed by atoms with E-state index in [4.69, 9.17) is 0 Å². The lowest BCUT2D eigenvalue weighted by Crippen LogP contribution is -2.39. The number of aliphatic imine (C=N–C) groups is 1. The van der Waals surface area contributed by atoms with Crippen LogP contribution in [0, 0.1) is 0 Å². The minimum Gasteiger partial charge on any atom is -0.396 e. The topological polar surface area (TPSA) is 56.7 Å². The van der Waals surface area contributed by atoms with Gasteiger partial charge in [-0.1, -0.05) is 58.4 Å². The lowest BCUT2D eigenvalue weighted by molar-refractivity contribution is 0.265. The van der Waals surface area contributed by atoms with Crippen molar-refractivity contribution >= 4 is 21.9 Å². The van der Waals surface area contributed by atoms with Crippen LogP contribution in [0.2, 0.25) is 0 Å². The third-order valence-corrected chi connectivity index (χ3v) is 4.21. The van der Waals surface area contributed by atoms with Crippen molar-refractivity contribution in [2.75, 3.05) is 19.7 Å². The van der Waals surface area contributed by atoms with Crippen LogP contribution in [0.3, 0.4) is 0 Å². The molecule has 0 radical (unpaired) electrons. The first-order valence-electron chi connectivity index (χ1n) is 8.15. The Balaban J connectivity index is 1.96. The zero-order valence-corrected chi connectivity index (χ0v) is 15.5. The maximum absolute atomic E-state index is 9.65. The summed E-state index contributed by atoms with van der Waals surface area (Å²) in [5.74, 6) is 0.803. The van der Waals surface area contributed by atoms with E-state index in [1.807, 2.05) is 49.4 Å². The number of guanidine groups is 1. The Morgan fingerprint density at radius 1 is 1.08 bits per heavy atom. The van der Waals surface area contributed by atoms with Crippen LogP contribution >= 0.6 is 15.9 Å². The Morgan fingerprint density at radius 3 is 2.42 bits per heavy atom. The quantitative estimate of drug-likeness (QED) is 0.503. The second kappa shape index (κ2) is 10.1. The van der Waals surface area contributed by atoms with Crippen LogP contribution in [-0.2, 0) is 6.54 Å². The summed E-state index contributed by atoms with van der Waals surface area (Å²) in [5, 5.41) is 16.2. The van der Waals surface area contributed by atoms with Gasteiger partial charge in [-0.3, -0.25) is 0 Å². The number of benzene rings is 2. The van der Waals surface area contributed by atoms with Crippen LogP contribution in [-0.4, -0.2) is 30.8 Å². The molecule has 0 bridgehead atoms. The van der Waals surface area contributed by atoms with Crippen molar-refractivity contribution in [1.82, 2.24) is 10.6 Å². The van der Waals surface area contributed by atoms with Crippen molar-refractivity contribution in [2.45, 2.75) is 19.4 Å². The molecule has 128 valence electrons. The molecule has 2 aromatic carbocycles. The van der Waals surface area contributed by atoms with Gasteiger partial charge in [-0.05, 0) is 30.2 Å². The van der Waals surface area contributed by atoms with Gasteiger partial charge in [0, 0.05) is 23.5 Å². The first-order valence-corrected chi connectivity index (χ1v) is 8.94. The summed E-state index contributed by atoms with van der Waals surface area (Å²) in [7, 11) is 0. The van der Waals surface area contributed by atoms with E-state index in [1.54, 1.807) is 0 Å². The van der Waals surface area contributed by atoms with Crippen LogP contribution in [0.4, 0.5) is 0 Å². The van der Waals surface area contributed by atoms with Crippen LogP contribution < -0.4 is 10.6 Å². The largest absolute Gasteiger partial charge is 0.396 e. The first-order chi connectivity index (χ1) is 11.7. The fourth-order valence-electron chi connectivity index (χ4n) is 2.33. The number of aliphatic hydroxyl groups is 1. The Hall–Kier alpha value is -1.85. The molecule has 0 saturated heterocycles. The monoisotopic (exact) mass is 389 g/mol. The molecule has 1 atom stereocenters. The van der Waals surface area contributed by atoms with E-state index >= 15 is 0 Å². The molecule has 4 nitrogen and oxygen atoms in total. The molecular weight excluding hydrogens is 366 g/mol. The second-order valence-electron chi connectivity index (χ2n) is 5.49. The number of halogens is 1. The molecule has 2 aromatic rings. The van der Waals surface area contributed by atoms with Gasteiger partial charge in [0.15, 0.2) is 5.96 Å². The molecule has 24 heavy (non-hydrogen) atoms. The first kappa shape index (κ1) is 18.5. The second-order valence-corrected chi connectivity index (χ2v) is 6.41. The van der Waals surface area contributed by atoms with Gasteiger partial charge in [0.05, 0.1) is 13.2 Å². The molecule has 0 spiro atoms. The highest BCUT2D eigenvalue weighted by Crippen LogP contribution is 2.14. The predicted octanol–water partition coefficient (Wildman–Crippen LogP) is 3.28. The molecule has 0 amide bonds. The summed E-state index contributed by atoms with van der Waals surface area (Å²) >= 11 is 3.44. The molecule has 0 fully saturated rings. The van der Waals surface area contributed by atoms with E-state index in [0.29, 0.717) is 13.1 Å². The SMILES string of the molecule is CCNC(=NCc1ccc(Br)cc1)NCC(CO)c1ccccc1. The van der Waals surface area contributed by atoms with Gasteiger partial charge >= 0.3 is 0 Å². The summed E-state index contributed by atoms with van der Waals surface area (Å²) in [6.45, 7) is 4.17. The number of hydrogen-bond acceptors (Lipinski definition) is 2. The fraction of sp³-hybridized carbons (Fsp3) is 0.316. The van der Waals surface area contributed by atoms with E-state index in [2.05, 4.69) is 43.7 Å². The Morgan fingerprint density at radius 2 is 1.79 bits per heavy atom. The summed E-state index contributed by atoms with van der Waals surface area (Å²) in [5.41, 5.74) is 2.27. The van der Waals surface area contributed by atoms with Crippen molar-refractivity contribution < 1.29 is 5.11 Å². The highest BCUT2D eigenvalue weighted by Gasteiger charge is 2.10. The Kier molecular flexibility index (Phi) is 7.79. The number of aliphatic hydroxyl groups excluding tert-OH is 1. The molecule has 0 aliphatic rings. The minimum atomic E-state index is 0.0442. The molecular formula is C19H24BrN3O. The Labute approximate surface area is 152 Å². The van der Waals surface area contributed by atoms with Gasteiger partial charge in [0.25, 0.3) is 0 Å². The van der Waals surface area contributed by atoms with Crippen molar-refractivity contribution in [3.63, 3.8) is 0 Å². The van der Waals surface area contributed by atoms with E-state index in [9.17, 15) is 5.11 Å². The molecule has 0 aliphatic carbocycles. The van der Waals surface area contributed by atoms with Crippen LogP contribution in [0.1, 0.15) is 24.0 Å². The molecule has 0 saturated carbocycles. The highest BCUT2D eigenvalue weighted by atomic mass is 79.9. The average Bonchev–Trinajstić information content (AvgIpc) is 2.62. The zero-order valence-electron chi connectivity index (χ0n) is 13.9. The van der Waals surface area contributed by atoms with E-state index in [1.165, 1.54) is 0 Å². The summed E-state index contributed by atoms with van der Waals surface area (Å²) in [6, 6.07) is 18.2. The van der Waals surface area contributed by atoms with Gasteiger partial charge in [-0.25, -0.2) is 4.99 Å². The van der Waals surface area contributed by atoms with E-state index in [-0.39, 0.29) is 12.5 Å². The van der Waals surface area contributed by atoms with Gasteiger partial charge < -0.3 is 15.7 Å². The van der Waals surface area contributed by atoms with Crippen molar-refractivity contribution in [3.8, 4) is 0 Å². The summed E-state index contributed by atoms with van der Waals surface area (Å²) in [4.78, 5) is 4.61. The van der Waals surface area contributed by atoms with Gasteiger partial charge in [0.1, 0.15) is 0 Å². The van der Waals surface area contributed by atoms with Crippen LogP contribution in [0.5, 0.6) is 0 Å². The molecule has 0 aromatic heterocycles. The number of hydrogen-bond donors (Lipinski definition) is 3. The molecule has 2 rings (SSSR count). The predicted molar refractivity (Wildman–Crippen MR) is 103 cm³/mol. The van der Waals surface area contributed by atoms with Gasteiger partial charge in [0.2, 0.25) is 0 Å². The molecule has 5 heteroatoms. The van der Waals surface area contributed by atoms with Crippen LogP contribution in [0.25, 0.3) is 0 Å². The summed E-state index contributed by atoms with van der Waals surface area (Å²) in [6.07, 6.45) is 0. The third-order valence-electron chi connectivity index (χ3n) is 3.68. The highest BCUT2D eigenvalue weighted by molar-refractivity contribution is 9.10. The molecule has 0 heterocycles. The molecule has 0 aliphatic heterocycles. The van der Waals surface area contributed by atoms with Crippen molar-refractivity contribution in [1.29, 1.82) is 0 Å². The van der Waals surface area contributed by atoms with Crippen molar-refractivity contribution in [2.24, 2.45) is 4.99 Å². The molecule has 1 unspecified atom stereocenters. The smallest absolute Gasteiger partial charge is 0.191 e. The zero-order chi connectivity index (χ0) is 17.2. The number of nitrogens with zero attached hydrogens (tertiary/aromatic N) is 1.